The Morgan fingerprint density at radius 2 is 2.31 bits per heavy atom. The largest absolute Gasteiger partial charge is 0.312 e. The van der Waals surface area contributed by atoms with Crippen molar-refractivity contribution in [2.45, 2.75) is 39.2 Å². The molecule has 0 saturated carbocycles. The molecule has 2 unspecified atom stereocenters. The summed E-state index contributed by atoms with van der Waals surface area (Å²) >= 11 is 0. The first-order valence-corrected chi connectivity index (χ1v) is 5.64. The van der Waals surface area contributed by atoms with Crippen LogP contribution < -0.4 is 5.32 Å². The zero-order valence-electron chi connectivity index (χ0n) is 9.34. The minimum Gasteiger partial charge on any atom is -0.312 e. The SMILES string of the molecule is CCCC(C)CNC1CCN(C)C1. The maximum absolute atomic E-state index is 3.65. The maximum atomic E-state index is 3.65. The summed E-state index contributed by atoms with van der Waals surface area (Å²) in [4.78, 5) is 2.40. The van der Waals surface area contributed by atoms with Gasteiger partial charge in [0.15, 0.2) is 0 Å². The summed E-state index contributed by atoms with van der Waals surface area (Å²) in [5.74, 6) is 0.843. The zero-order chi connectivity index (χ0) is 9.68. The summed E-state index contributed by atoms with van der Waals surface area (Å²) in [5, 5.41) is 3.65. The van der Waals surface area contributed by atoms with E-state index in [-0.39, 0.29) is 0 Å². The number of nitrogens with zero attached hydrogens (tertiary/aromatic N) is 1. The molecule has 1 saturated heterocycles. The minimum atomic E-state index is 0.754. The van der Waals surface area contributed by atoms with Crippen LogP contribution in [0.2, 0.25) is 0 Å². The van der Waals surface area contributed by atoms with E-state index in [0.717, 1.165) is 12.0 Å². The molecule has 2 heteroatoms. The molecule has 0 aromatic rings. The van der Waals surface area contributed by atoms with Gasteiger partial charge in [-0.2, -0.15) is 0 Å². The molecule has 1 N–H and O–H groups in total. The Balaban J connectivity index is 2.05. The van der Waals surface area contributed by atoms with Gasteiger partial charge in [-0.3, -0.25) is 0 Å². The number of nitrogens with one attached hydrogen (secondary N) is 1. The molecule has 0 aliphatic carbocycles. The van der Waals surface area contributed by atoms with Gasteiger partial charge in [0.25, 0.3) is 0 Å². The van der Waals surface area contributed by atoms with E-state index in [1.54, 1.807) is 0 Å². The summed E-state index contributed by atoms with van der Waals surface area (Å²) in [6.07, 6.45) is 4.00. The van der Waals surface area contributed by atoms with Gasteiger partial charge in [-0.1, -0.05) is 20.3 Å². The van der Waals surface area contributed by atoms with Crippen LogP contribution >= 0.6 is 0 Å². The van der Waals surface area contributed by atoms with Crippen molar-refractivity contribution in [1.29, 1.82) is 0 Å². The maximum Gasteiger partial charge on any atom is 0.0207 e. The highest BCUT2D eigenvalue weighted by molar-refractivity contribution is 4.79. The molecule has 1 heterocycles. The lowest BCUT2D eigenvalue weighted by Crippen LogP contribution is -2.34. The van der Waals surface area contributed by atoms with Gasteiger partial charge in [0.1, 0.15) is 0 Å². The number of likely N-dealkylation sites (N-methyl/N-ethyl adjacent to an activating group) is 1. The van der Waals surface area contributed by atoms with Crippen LogP contribution in [0.5, 0.6) is 0 Å². The normalized spacial score (nSPS) is 26.5. The lowest BCUT2D eigenvalue weighted by atomic mass is 10.1. The highest BCUT2D eigenvalue weighted by Gasteiger charge is 2.18. The van der Waals surface area contributed by atoms with Crippen LogP contribution in [-0.4, -0.2) is 37.6 Å². The van der Waals surface area contributed by atoms with Crippen molar-refractivity contribution in [2.75, 3.05) is 26.7 Å². The summed E-state index contributed by atoms with van der Waals surface area (Å²) in [5.41, 5.74) is 0. The molecule has 13 heavy (non-hydrogen) atoms. The smallest absolute Gasteiger partial charge is 0.0207 e. The third-order valence-corrected chi connectivity index (χ3v) is 2.93. The number of hydrogen-bond acceptors (Lipinski definition) is 2. The molecular weight excluding hydrogens is 160 g/mol. The second-order valence-electron chi connectivity index (χ2n) is 4.55. The first-order chi connectivity index (χ1) is 6.22. The first kappa shape index (κ1) is 11.0. The van der Waals surface area contributed by atoms with Crippen molar-refractivity contribution in [3.05, 3.63) is 0 Å². The van der Waals surface area contributed by atoms with Crippen LogP contribution in [0.15, 0.2) is 0 Å². The zero-order valence-corrected chi connectivity index (χ0v) is 9.34. The van der Waals surface area contributed by atoms with Gasteiger partial charge in [0, 0.05) is 12.6 Å². The number of hydrogen-bond donors (Lipinski definition) is 1. The van der Waals surface area contributed by atoms with Crippen molar-refractivity contribution in [1.82, 2.24) is 10.2 Å². The number of likely N-dealkylation sites (tertiary alicyclic amines) is 1. The van der Waals surface area contributed by atoms with Gasteiger partial charge in [0.05, 0.1) is 0 Å². The summed E-state index contributed by atoms with van der Waals surface area (Å²) in [6, 6.07) is 0.754. The summed E-state index contributed by atoms with van der Waals surface area (Å²) in [6.45, 7) is 8.31. The Labute approximate surface area is 82.7 Å². The van der Waals surface area contributed by atoms with E-state index in [0.29, 0.717) is 0 Å². The van der Waals surface area contributed by atoms with Gasteiger partial charge in [0.2, 0.25) is 0 Å². The predicted molar refractivity (Wildman–Crippen MR) is 58.0 cm³/mol. The molecule has 1 fully saturated rings. The van der Waals surface area contributed by atoms with Gasteiger partial charge in [-0.15, -0.1) is 0 Å². The van der Waals surface area contributed by atoms with E-state index in [9.17, 15) is 0 Å². The lowest BCUT2D eigenvalue weighted by Gasteiger charge is -2.16. The first-order valence-electron chi connectivity index (χ1n) is 5.64. The lowest BCUT2D eigenvalue weighted by molar-refractivity contribution is 0.383. The molecule has 1 aliphatic heterocycles. The van der Waals surface area contributed by atoms with Crippen LogP contribution in [-0.2, 0) is 0 Å². The number of rotatable bonds is 5. The van der Waals surface area contributed by atoms with Crippen LogP contribution in [0.4, 0.5) is 0 Å². The van der Waals surface area contributed by atoms with Gasteiger partial charge in [-0.05, 0) is 38.9 Å². The Hall–Kier alpha value is -0.0800. The van der Waals surface area contributed by atoms with Crippen molar-refractivity contribution in [3.63, 3.8) is 0 Å². The molecule has 0 radical (unpaired) electrons. The Kier molecular flexibility index (Phi) is 4.74. The van der Waals surface area contributed by atoms with Crippen molar-refractivity contribution in [2.24, 2.45) is 5.92 Å². The van der Waals surface area contributed by atoms with Gasteiger partial charge in [-0.25, -0.2) is 0 Å². The van der Waals surface area contributed by atoms with E-state index in [2.05, 4.69) is 31.1 Å². The predicted octanol–water partition coefficient (Wildman–Crippen LogP) is 1.72. The molecule has 2 atom stereocenters. The van der Waals surface area contributed by atoms with Gasteiger partial charge >= 0.3 is 0 Å². The third-order valence-electron chi connectivity index (χ3n) is 2.93. The van der Waals surface area contributed by atoms with Crippen LogP contribution in [0, 0.1) is 5.92 Å². The Morgan fingerprint density at radius 3 is 2.85 bits per heavy atom. The molecule has 0 aromatic carbocycles. The monoisotopic (exact) mass is 184 g/mol. The molecule has 78 valence electrons. The Morgan fingerprint density at radius 1 is 1.54 bits per heavy atom. The summed E-state index contributed by atoms with van der Waals surface area (Å²) < 4.78 is 0. The summed E-state index contributed by atoms with van der Waals surface area (Å²) in [7, 11) is 2.21. The van der Waals surface area contributed by atoms with Crippen LogP contribution in [0.1, 0.15) is 33.1 Å². The molecule has 1 rings (SSSR count). The van der Waals surface area contributed by atoms with Crippen molar-refractivity contribution >= 4 is 0 Å². The van der Waals surface area contributed by atoms with Crippen LogP contribution in [0.25, 0.3) is 0 Å². The van der Waals surface area contributed by atoms with Crippen molar-refractivity contribution in [3.8, 4) is 0 Å². The molecule has 0 aromatic heterocycles. The fourth-order valence-electron chi connectivity index (χ4n) is 2.06. The molecule has 0 amide bonds. The van der Waals surface area contributed by atoms with E-state index in [1.807, 2.05) is 0 Å². The second kappa shape index (κ2) is 5.61. The molecule has 2 nitrogen and oxygen atoms in total. The van der Waals surface area contributed by atoms with Gasteiger partial charge < -0.3 is 10.2 Å². The van der Waals surface area contributed by atoms with Crippen molar-refractivity contribution < 1.29 is 0 Å². The molecule has 0 bridgehead atoms. The average molecular weight is 184 g/mol. The van der Waals surface area contributed by atoms with Crippen LogP contribution in [0.3, 0.4) is 0 Å². The molecular formula is C11H24N2. The fraction of sp³-hybridized carbons (Fsp3) is 1.00. The standard InChI is InChI=1S/C11H24N2/c1-4-5-10(2)8-12-11-6-7-13(3)9-11/h10-12H,4-9H2,1-3H3. The topological polar surface area (TPSA) is 15.3 Å². The van der Waals surface area contributed by atoms with E-state index in [4.69, 9.17) is 0 Å². The van der Waals surface area contributed by atoms with E-state index < -0.39 is 0 Å². The highest BCUT2D eigenvalue weighted by atomic mass is 15.2. The Bertz CT molecular complexity index is 136. The van der Waals surface area contributed by atoms with E-state index in [1.165, 1.54) is 38.9 Å². The third kappa shape index (κ3) is 4.10. The quantitative estimate of drug-likeness (QED) is 0.700. The molecule has 0 spiro atoms. The molecule has 1 aliphatic rings. The minimum absolute atomic E-state index is 0.754. The highest BCUT2D eigenvalue weighted by Crippen LogP contribution is 2.08. The van der Waals surface area contributed by atoms with E-state index >= 15 is 0 Å². The second-order valence-corrected chi connectivity index (χ2v) is 4.55. The average Bonchev–Trinajstić information content (AvgIpc) is 2.49. The fourth-order valence-corrected chi connectivity index (χ4v) is 2.06.